The van der Waals surface area contributed by atoms with Gasteiger partial charge < -0.3 is 14.5 Å². The van der Waals surface area contributed by atoms with Crippen molar-refractivity contribution < 1.29 is 9.53 Å². The molecular weight excluding hydrogens is 777 g/mol. The highest BCUT2D eigenvalue weighted by Gasteiger charge is 2.57. The minimum absolute atomic E-state index is 0.0951. The predicted molar refractivity (Wildman–Crippen MR) is 256 cm³/mol. The number of rotatable bonds is 13. The summed E-state index contributed by atoms with van der Waals surface area (Å²) >= 11 is 0. The van der Waals surface area contributed by atoms with Crippen LogP contribution in [0.2, 0.25) is 0 Å². The summed E-state index contributed by atoms with van der Waals surface area (Å²) in [7, 11) is 0. The molecule has 8 aromatic rings. The fourth-order valence-corrected chi connectivity index (χ4v) is 10.1. The summed E-state index contributed by atoms with van der Waals surface area (Å²) in [6.07, 6.45) is 1.86. The van der Waals surface area contributed by atoms with Crippen LogP contribution in [0.3, 0.4) is 0 Å². The van der Waals surface area contributed by atoms with Crippen molar-refractivity contribution in [2.45, 2.75) is 52.9 Å². The Kier molecular flexibility index (Phi) is 10.6. The molecule has 63 heavy (non-hydrogen) atoms. The Labute approximate surface area is 370 Å². The van der Waals surface area contributed by atoms with Crippen LogP contribution < -0.4 is 19.4 Å². The van der Waals surface area contributed by atoms with Gasteiger partial charge in [0.15, 0.2) is 0 Å². The minimum atomic E-state index is -1.05. The van der Waals surface area contributed by atoms with E-state index in [1.54, 1.807) is 0 Å². The van der Waals surface area contributed by atoms with Gasteiger partial charge in [0.25, 0.3) is 5.91 Å². The van der Waals surface area contributed by atoms with Gasteiger partial charge in [-0.15, -0.1) is 0 Å². The highest BCUT2D eigenvalue weighted by molar-refractivity contribution is 6.14. The first-order valence-corrected chi connectivity index (χ1v) is 22.3. The third-order valence-corrected chi connectivity index (χ3v) is 13.1. The number of aromatic nitrogens is 2. The van der Waals surface area contributed by atoms with Crippen LogP contribution in [0.4, 0.5) is 17.2 Å². The number of carbonyl (C=O) groups excluding carboxylic acids is 1. The molecule has 6 aromatic carbocycles. The summed E-state index contributed by atoms with van der Waals surface area (Å²) < 4.78 is 6.98. The summed E-state index contributed by atoms with van der Waals surface area (Å²) in [5, 5.41) is 4.90. The van der Waals surface area contributed by atoms with Gasteiger partial charge in [-0.2, -0.15) is 0 Å². The highest BCUT2D eigenvalue weighted by Crippen LogP contribution is 2.59. The zero-order valence-electron chi connectivity index (χ0n) is 36.5. The Morgan fingerprint density at radius 2 is 1.13 bits per heavy atom. The van der Waals surface area contributed by atoms with E-state index >= 15 is 4.79 Å². The summed E-state index contributed by atoms with van der Waals surface area (Å²) in [4.78, 5) is 34.5. The third kappa shape index (κ3) is 6.86. The lowest BCUT2D eigenvalue weighted by atomic mass is 9.74. The van der Waals surface area contributed by atoms with Crippen LogP contribution in [0.5, 0.6) is 11.5 Å². The van der Waals surface area contributed by atoms with Crippen molar-refractivity contribution in [2.24, 2.45) is 0 Å². The molecule has 10 rings (SSSR count). The number of benzene rings is 6. The van der Waals surface area contributed by atoms with Crippen LogP contribution in [-0.2, 0) is 25.2 Å². The Bertz CT molecular complexity index is 2860. The van der Waals surface area contributed by atoms with E-state index in [9.17, 15) is 0 Å². The van der Waals surface area contributed by atoms with Crippen LogP contribution in [0, 0.1) is 0 Å². The molecule has 2 aliphatic heterocycles. The number of amides is 1. The average molecular weight is 829 g/mol. The molecule has 1 spiro atoms. The third-order valence-electron chi connectivity index (χ3n) is 13.1. The lowest BCUT2D eigenvalue weighted by molar-refractivity contribution is 0.0984. The normalized spacial score (nSPS) is 13.6. The van der Waals surface area contributed by atoms with E-state index in [2.05, 4.69) is 152 Å². The molecule has 0 radical (unpaired) electrons. The van der Waals surface area contributed by atoms with Gasteiger partial charge in [-0.3, -0.25) is 19.6 Å². The molecule has 0 saturated heterocycles. The van der Waals surface area contributed by atoms with Crippen molar-refractivity contribution in [2.75, 3.05) is 40.9 Å². The second-order valence-electron chi connectivity index (χ2n) is 16.5. The zero-order valence-corrected chi connectivity index (χ0v) is 36.5. The molecule has 0 atom stereocenters. The molecule has 8 heteroatoms. The number of anilines is 3. The maximum Gasteiger partial charge on any atom is 0.261 e. The molecule has 314 valence electrons. The first kappa shape index (κ1) is 40.1. The summed E-state index contributed by atoms with van der Waals surface area (Å²) in [6.45, 7) is 14.0. The standard InChI is InChI=1S/C55H52N6O2/c1-5-59(6-2)42-27-29-49-51(33-42)63-52-34-43(60(7-3)8-4)28-30-50(52)55(49)48-25-14-13-24-46(48)54(62)61(55)53-26-17-21-41(57-53)36-58(35-40-20-15-16-31-56-40)37-47-44-22-11-9-18-38(44)32-39-19-10-12-23-45(39)47/h9-34H,5-8,35-37H2,1-4H3. The van der Waals surface area contributed by atoms with E-state index in [1.165, 1.54) is 27.1 Å². The van der Waals surface area contributed by atoms with Crippen LogP contribution in [0.25, 0.3) is 21.5 Å². The smallest absolute Gasteiger partial charge is 0.261 e. The van der Waals surface area contributed by atoms with Crippen LogP contribution in [0.15, 0.2) is 158 Å². The lowest BCUT2D eigenvalue weighted by Gasteiger charge is -2.44. The molecule has 4 heterocycles. The monoisotopic (exact) mass is 828 g/mol. The molecule has 0 unspecified atom stereocenters. The minimum Gasteiger partial charge on any atom is -0.456 e. The highest BCUT2D eigenvalue weighted by atomic mass is 16.5. The van der Waals surface area contributed by atoms with Crippen molar-refractivity contribution in [1.82, 2.24) is 14.9 Å². The van der Waals surface area contributed by atoms with Crippen LogP contribution in [0.1, 0.15) is 71.7 Å². The lowest BCUT2D eigenvalue weighted by Crippen LogP contribution is -2.48. The molecule has 0 bridgehead atoms. The topological polar surface area (TPSA) is 65.0 Å². The van der Waals surface area contributed by atoms with E-state index in [4.69, 9.17) is 14.7 Å². The summed E-state index contributed by atoms with van der Waals surface area (Å²) in [6, 6.07) is 52.8. The number of nitrogens with zero attached hydrogens (tertiary/aromatic N) is 6. The van der Waals surface area contributed by atoms with E-state index < -0.39 is 5.54 Å². The van der Waals surface area contributed by atoms with Crippen molar-refractivity contribution in [3.05, 3.63) is 197 Å². The number of hydrogen-bond acceptors (Lipinski definition) is 7. The SMILES string of the molecule is CCN(CC)c1ccc2c(c1)Oc1cc(N(CC)CC)ccc1C21c2ccccc2C(=O)N1c1cccc(CN(Cc2ccccn2)Cc2c3ccccc3cc3ccccc23)n1. The largest absolute Gasteiger partial charge is 0.456 e. The van der Waals surface area contributed by atoms with E-state index in [-0.39, 0.29) is 5.91 Å². The number of carbonyl (C=O) groups is 1. The van der Waals surface area contributed by atoms with E-state index in [0.29, 0.717) is 31.0 Å². The Balaban J connectivity index is 1.13. The van der Waals surface area contributed by atoms with E-state index in [0.717, 1.165) is 77.1 Å². The van der Waals surface area contributed by atoms with Gasteiger partial charge in [0.1, 0.15) is 22.9 Å². The van der Waals surface area contributed by atoms with Crippen LogP contribution >= 0.6 is 0 Å². The van der Waals surface area contributed by atoms with Crippen molar-refractivity contribution in [1.29, 1.82) is 0 Å². The maximum atomic E-state index is 15.3. The number of ether oxygens (including phenoxy) is 1. The Morgan fingerprint density at radius 1 is 0.556 bits per heavy atom. The predicted octanol–water partition coefficient (Wildman–Crippen LogP) is 11.7. The van der Waals surface area contributed by atoms with Gasteiger partial charge in [0, 0.05) is 97.8 Å². The molecular formula is C55H52N6O2. The second kappa shape index (κ2) is 16.7. The molecule has 0 aliphatic carbocycles. The molecule has 2 aliphatic rings. The summed E-state index contributed by atoms with van der Waals surface area (Å²) in [5.41, 5.74) is 7.59. The van der Waals surface area contributed by atoms with Gasteiger partial charge in [0.2, 0.25) is 0 Å². The van der Waals surface area contributed by atoms with Gasteiger partial charge in [-0.25, -0.2) is 4.98 Å². The first-order chi connectivity index (χ1) is 30.9. The van der Waals surface area contributed by atoms with Crippen LogP contribution in [-0.4, -0.2) is 47.0 Å². The average Bonchev–Trinajstić information content (AvgIpc) is 3.58. The van der Waals surface area contributed by atoms with Gasteiger partial charge in [-0.05, 0) is 103 Å². The van der Waals surface area contributed by atoms with Crippen molar-refractivity contribution in [3.63, 3.8) is 0 Å². The van der Waals surface area contributed by atoms with Crippen molar-refractivity contribution in [3.8, 4) is 11.5 Å². The number of pyridine rings is 2. The van der Waals surface area contributed by atoms with E-state index in [1.807, 2.05) is 53.6 Å². The fraction of sp³-hybridized carbons (Fsp3) is 0.218. The first-order valence-electron chi connectivity index (χ1n) is 22.3. The zero-order chi connectivity index (χ0) is 43.1. The molecule has 0 N–H and O–H groups in total. The number of fused-ring (bicyclic) bond motifs is 8. The summed E-state index contributed by atoms with van der Waals surface area (Å²) in [5.74, 6) is 1.96. The van der Waals surface area contributed by atoms with Gasteiger partial charge >= 0.3 is 0 Å². The molecule has 0 saturated carbocycles. The quantitative estimate of drug-likeness (QED) is 0.107. The molecule has 1 amide bonds. The maximum absolute atomic E-state index is 15.3. The Hall–Kier alpha value is -7.03. The van der Waals surface area contributed by atoms with Crippen molar-refractivity contribution >= 4 is 44.6 Å². The van der Waals surface area contributed by atoms with Gasteiger partial charge in [0.05, 0.1) is 11.4 Å². The molecule has 0 fully saturated rings. The molecule has 2 aromatic heterocycles. The second-order valence-corrected chi connectivity index (χ2v) is 16.5. The van der Waals surface area contributed by atoms with Gasteiger partial charge in [-0.1, -0.05) is 91.0 Å². The fourth-order valence-electron chi connectivity index (χ4n) is 10.1. The Morgan fingerprint density at radius 3 is 1.75 bits per heavy atom. The molecule has 8 nitrogen and oxygen atoms in total. The number of hydrogen-bond donors (Lipinski definition) is 0.